The van der Waals surface area contributed by atoms with E-state index in [4.69, 9.17) is 4.74 Å². The van der Waals surface area contributed by atoms with Gasteiger partial charge in [-0.1, -0.05) is 60.7 Å². The summed E-state index contributed by atoms with van der Waals surface area (Å²) >= 11 is 0.974. The predicted octanol–water partition coefficient (Wildman–Crippen LogP) is 5.26. The zero-order valence-electron chi connectivity index (χ0n) is 21.6. The van der Waals surface area contributed by atoms with Gasteiger partial charge in [0.15, 0.2) is 0 Å². The van der Waals surface area contributed by atoms with Crippen LogP contribution in [0.1, 0.15) is 17.0 Å². The van der Waals surface area contributed by atoms with E-state index in [9.17, 15) is 27.5 Å². The molecular weight excluding hydrogens is 567 g/mol. The van der Waals surface area contributed by atoms with Crippen LogP contribution < -0.4 is 0 Å². The average molecular weight is 593 g/mol. The number of piperazine rings is 1. The number of hydrogen-bond donors (Lipinski definition) is 1. The maximum absolute atomic E-state index is 13.5. The Labute approximate surface area is 240 Å². The fraction of sp³-hybridized carbons (Fsp3) is 0.200. The van der Waals surface area contributed by atoms with Crippen molar-refractivity contribution in [3.05, 3.63) is 102 Å². The van der Waals surface area contributed by atoms with E-state index < -0.39 is 33.9 Å². The molecule has 1 atom stereocenters. The summed E-state index contributed by atoms with van der Waals surface area (Å²) in [4.78, 5) is 27.1. The summed E-state index contributed by atoms with van der Waals surface area (Å²) < 4.78 is 46.8. The van der Waals surface area contributed by atoms with E-state index in [0.29, 0.717) is 10.4 Å². The van der Waals surface area contributed by atoms with Crippen LogP contribution in [0.2, 0.25) is 0 Å². The number of carbonyl (C=O) groups is 2. The third-order valence-electron chi connectivity index (χ3n) is 7.48. The van der Waals surface area contributed by atoms with Gasteiger partial charge in [0.2, 0.25) is 0 Å². The van der Waals surface area contributed by atoms with E-state index in [1.807, 2.05) is 48.5 Å². The van der Waals surface area contributed by atoms with Crippen molar-refractivity contribution in [2.75, 3.05) is 26.2 Å². The molecule has 2 aliphatic rings. The van der Waals surface area contributed by atoms with Gasteiger partial charge in [-0.3, -0.25) is 4.79 Å². The van der Waals surface area contributed by atoms with Gasteiger partial charge < -0.3 is 14.7 Å². The number of sulfonamides is 1. The lowest BCUT2D eigenvalue weighted by atomic mass is 9.98. The molecule has 11 heteroatoms. The van der Waals surface area contributed by atoms with Crippen LogP contribution in [0.3, 0.4) is 0 Å². The molecule has 1 aliphatic heterocycles. The third kappa shape index (κ3) is 5.01. The number of benzene rings is 3. The van der Waals surface area contributed by atoms with Crippen molar-refractivity contribution in [3.63, 3.8) is 0 Å². The van der Waals surface area contributed by atoms with E-state index >= 15 is 0 Å². The maximum Gasteiger partial charge on any atom is 0.409 e. The lowest BCUT2D eigenvalue weighted by Gasteiger charge is -2.37. The number of carboxylic acid groups (broad SMARTS) is 1. The van der Waals surface area contributed by atoms with E-state index in [1.165, 1.54) is 23.1 Å². The smallest absolute Gasteiger partial charge is 0.409 e. The van der Waals surface area contributed by atoms with Crippen LogP contribution in [0.4, 0.5) is 9.18 Å². The number of aliphatic carboxylic acids is 1. The van der Waals surface area contributed by atoms with Crippen LogP contribution in [0, 0.1) is 5.82 Å². The second-order valence-electron chi connectivity index (χ2n) is 9.85. The highest BCUT2D eigenvalue weighted by molar-refractivity contribution is 7.91. The number of nitrogens with zero attached hydrogens (tertiary/aromatic N) is 2. The zero-order valence-corrected chi connectivity index (χ0v) is 23.3. The molecule has 1 saturated heterocycles. The largest absolute Gasteiger partial charge is 0.480 e. The average Bonchev–Trinajstić information content (AvgIpc) is 3.60. The minimum atomic E-state index is -4.17. The van der Waals surface area contributed by atoms with E-state index in [-0.39, 0.29) is 36.4 Å². The molecule has 6 rings (SSSR count). The van der Waals surface area contributed by atoms with Crippen molar-refractivity contribution in [2.24, 2.45) is 0 Å². The van der Waals surface area contributed by atoms with Crippen LogP contribution in [-0.4, -0.2) is 67.1 Å². The Hall–Kier alpha value is -4.06. The molecule has 3 aromatic carbocycles. The van der Waals surface area contributed by atoms with Crippen molar-refractivity contribution in [2.45, 2.75) is 16.2 Å². The van der Waals surface area contributed by atoms with Gasteiger partial charge in [-0.05, 0) is 52.1 Å². The number of carbonyl (C=O) groups excluding carboxylic acids is 1. The topological polar surface area (TPSA) is 104 Å². The number of rotatable bonds is 6. The summed E-state index contributed by atoms with van der Waals surface area (Å²) in [5, 5.41) is 9.93. The second kappa shape index (κ2) is 10.7. The summed E-state index contributed by atoms with van der Waals surface area (Å²) in [6.45, 7) is -0.491. The van der Waals surface area contributed by atoms with Crippen molar-refractivity contribution < 1.29 is 32.2 Å². The first-order valence-corrected chi connectivity index (χ1v) is 15.2. The molecule has 8 nitrogen and oxygen atoms in total. The highest BCUT2D eigenvalue weighted by Crippen LogP contribution is 2.44. The molecule has 0 unspecified atom stereocenters. The van der Waals surface area contributed by atoms with Crippen LogP contribution in [0.15, 0.2) is 89.1 Å². The summed E-state index contributed by atoms with van der Waals surface area (Å²) in [6, 6.07) is 23.1. The van der Waals surface area contributed by atoms with Gasteiger partial charge in [0, 0.05) is 23.9 Å². The van der Waals surface area contributed by atoms with E-state index in [1.54, 1.807) is 18.2 Å². The number of ether oxygens (including phenoxy) is 1. The van der Waals surface area contributed by atoms with Gasteiger partial charge in [-0.15, -0.1) is 11.3 Å². The molecule has 1 aliphatic carbocycles. The Morgan fingerprint density at radius 3 is 2.17 bits per heavy atom. The van der Waals surface area contributed by atoms with Crippen molar-refractivity contribution >= 4 is 33.4 Å². The molecule has 1 N–H and O–H groups in total. The standard InChI is InChI=1S/C30H25FN2O6S2/c31-20-11-9-19(10-12-20)27-13-14-28(40-27)41(37,38)33-16-15-32(17-26(33)29(34)35)30(36)39-18-25-23-7-3-1-5-21(23)22-6-2-4-8-24(22)25/h1-14,25-26H,15-18H2,(H,34,35)/t26-/m1/s1. The van der Waals surface area contributed by atoms with Crippen molar-refractivity contribution in [1.82, 2.24) is 9.21 Å². The Balaban J connectivity index is 1.16. The minimum Gasteiger partial charge on any atom is -0.480 e. The van der Waals surface area contributed by atoms with Crippen LogP contribution >= 0.6 is 11.3 Å². The lowest BCUT2D eigenvalue weighted by molar-refractivity contribution is -0.143. The van der Waals surface area contributed by atoms with Gasteiger partial charge in [-0.2, -0.15) is 4.31 Å². The van der Waals surface area contributed by atoms with Crippen molar-refractivity contribution in [1.29, 1.82) is 0 Å². The van der Waals surface area contributed by atoms with Crippen LogP contribution in [0.5, 0.6) is 0 Å². The first-order valence-electron chi connectivity index (χ1n) is 12.9. The predicted molar refractivity (Wildman–Crippen MR) is 152 cm³/mol. The quantitative estimate of drug-likeness (QED) is 0.328. The first kappa shape index (κ1) is 27.1. The number of carboxylic acids is 1. The fourth-order valence-electron chi connectivity index (χ4n) is 5.45. The molecular formula is C30H25FN2O6S2. The Kier molecular flexibility index (Phi) is 7.10. The normalized spacial score (nSPS) is 17.2. The number of thiophene rings is 1. The minimum absolute atomic E-state index is 0.0180. The van der Waals surface area contributed by atoms with Crippen molar-refractivity contribution in [3.8, 4) is 21.6 Å². The maximum atomic E-state index is 13.5. The molecule has 2 heterocycles. The second-order valence-corrected chi connectivity index (χ2v) is 13.0. The third-order valence-corrected chi connectivity index (χ3v) is 11.0. The number of halogens is 1. The molecule has 1 amide bonds. The van der Waals surface area contributed by atoms with Gasteiger partial charge >= 0.3 is 12.1 Å². The van der Waals surface area contributed by atoms with Gasteiger partial charge in [0.1, 0.15) is 22.7 Å². The van der Waals surface area contributed by atoms with Gasteiger partial charge in [0.25, 0.3) is 10.0 Å². The van der Waals surface area contributed by atoms with Gasteiger partial charge in [-0.25, -0.2) is 17.6 Å². The lowest BCUT2D eigenvalue weighted by Crippen LogP contribution is -2.59. The zero-order chi connectivity index (χ0) is 28.7. The SMILES string of the molecule is O=C(O)[C@H]1CN(C(=O)OCC2c3ccccc3-c3ccccc32)CCN1S(=O)(=O)c1ccc(-c2ccc(F)cc2)s1. The molecule has 0 radical (unpaired) electrons. The molecule has 0 bridgehead atoms. The molecule has 1 fully saturated rings. The first-order chi connectivity index (χ1) is 19.7. The summed E-state index contributed by atoms with van der Waals surface area (Å²) in [7, 11) is -4.17. The molecule has 210 valence electrons. The van der Waals surface area contributed by atoms with Crippen LogP contribution in [-0.2, 0) is 19.6 Å². The highest BCUT2D eigenvalue weighted by atomic mass is 32.2. The van der Waals surface area contributed by atoms with Gasteiger partial charge in [0.05, 0.1) is 6.54 Å². The molecule has 0 saturated carbocycles. The monoisotopic (exact) mass is 592 g/mol. The molecule has 1 aromatic heterocycles. The molecule has 4 aromatic rings. The summed E-state index contributed by atoms with van der Waals surface area (Å²) in [5.41, 5.74) is 4.93. The Bertz CT molecular complexity index is 1690. The number of amides is 1. The Morgan fingerprint density at radius 2 is 1.54 bits per heavy atom. The summed E-state index contributed by atoms with van der Waals surface area (Å²) in [6.07, 6.45) is -0.690. The van der Waals surface area contributed by atoms with E-state index in [0.717, 1.165) is 37.9 Å². The Morgan fingerprint density at radius 1 is 0.902 bits per heavy atom. The number of fused-ring (bicyclic) bond motifs is 3. The van der Waals surface area contributed by atoms with Crippen LogP contribution in [0.25, 0.3) is 21.6 Å². The number of hydrogen-bond acceptors (Lipinski definition) is 6. The fourth-order valence-corrected chi connectivity index (χ4v) is 8.46. The summed E-state index contributed by atoms with van der Waals surface area (Å²) in [5.74, 6) is -1.92. The highest BCUT2D eigenvalue weighted by Gasteiger charge is 2.42. The van der Waals surface area contributed by atoms with E-state index in [2.05, 4.69) is 0 Å². The molecule has 41 heavy (non-hydrogen) atoms. The molecule has 0 spiro atoms.